The number of fused-ring (bicyclic) bond motifs is 5. The van der Waals surface area contributed by atoms with Crippen LogP contribution < -0.4 is 4.74 Å². The zero-order valence-electron chi connectivity index (χ0n) is 13.9. The zero-order chi connectivity index (χ0) is 16.8. The number of rotatable bonds is 3. The number of furan rings is 1. The van der Waals surface area contributed by atoms with Crippen molar-refractivity contribution in [3.8, 4) is 5.75 Å². The zero-order valence-corrected chi connectivity index (χ0v) is 13.9. The van der Waals surface area contributed by atoms with Crippen molar-refractivity contribution < 1.29 is 9.15 Å². The summed E-state index contributed by atoms with van der Waals surface area (Å²) >= 11 is 0. The van der Waals surface area contributed by atoms with E-state index < -0.39 is 0 Å². The number of para-hydroxylation sites is 2. The molecule has 3 nitrogen and oxygen atoms in total. The summed E-state index contributed by atoms with van der Waals surface area (Å²) < 4.78 is 13.7. The maximum Gasteiger partial charge on any atom is 0.209 e. The van der Waals surface area contributed by atoms with Crippen LogP contribution in [0.3, 0.4) is 0 Å². The number of hydrogen-bond acceptors (Lipinski definition) is 2. The number of aromatic nitrogens is 1. The molecule has 0 spiro atoms. The molecular weight excluding hydrogens is 310 g/mol. The lowest BCUT2D eigenvalue weighted by Crippen LogP contribution is -1.98. The molecule has 25 heavy (non-hydrogen) atoms. The first-order valence-corrected chi connectivity index (χ1v) is 8.36. The van der Waals surface area contributed by atoms with Gasteiger partial charge in [0, 0.05) is 10.8 Å². The highest BCUT2D eigenvalue weighted by atomic mass is 16.5. The minimum atomic E-state index is 0.758. The molecule has 3 aromatic carbocycles. The minimum Gasteiger partial charge on any atom is -0.497 e. The Morgan fingerprint density at radius 1 is 0.840 bits per heavy atom. The Morgan fingerprint density at radius 3 is 2.36 bits per heavy atom. The second-order valence-corrected chi connectivity index (χ2v) is 6.23. The molecule has 0 radical (unpaired) electrons. The SMILES string of the molecule is COc1ccc(Cn2c3ccccc3c3c4ccccc4oc32)cc1. The van der Waals surface area contributed by atoms with Gasteiger partial charge in [-0.3, -0.25) is 0 Å². The molecule has 0 unspecified atom stereocenters. The minimum absolute atomic E-state index is 0.758. The van der Waals surface area contributed by atoms with E-state index in [1.807, 2.05) is 24.3 Å². The summed E-state index contributed by atoms with van der Waals surface area (Å²) in [6.45, 7) is 0.758. The van der Waals surface area contributed by atoms with Gasteiger partial charge in [-0.1, -0.05) is 48.5 Å². The van der Waals surface area contributed by atoms with Gasteiger partial charge in [0.2, 0.25) is 5.71 Å². The van der Waals surface area contributed by atoms with Crippen molar-refractivity contribution in [2.75, 3.05) is 7.11 Å². The molecule has 0 amide bonds. The lowest BCUT2D eigenvalue weighted by molar-refractivity contribution is 0.414. The molecule has 0 N–H and O–H groups in total. The number of methoxy groups -OCH3 is 1. The summed E-state index contributed by atoms with van der Waals surface area (Å²) in [7, 11) is 1.69. The summed E-state index contributed by atoms with van der Waals surface area (Å²) in [5.74, 6) is 0.870. The summed E-state index contributed by atoms with van der Waals surface area (Å²) in [4.78, 5) is 0. The van der Waals surface area contributed by atoms with Crippen molar-refractivity contribution in [1.82, 2.24) is 4.57 Å². The van der Waals surface area contributed by atoms with Crippen LogP contribution >= 0.6 is 0 Å². The second kappa shape index (κ2) is 5.42. The number of benzene rings is 3. The Labute approximate surface area is 145 Å². The molecule has 5 aromatic rings. The fourth-order valence-electron chi connectivity index (χ4n) is 3.58. The van der Waals surface area contributed by atoms with Gasteiger partial charge in [-0.25, -0.2) is 0 Å². The maximum absolute atomic E-state index is 6.22. The van der Waals surface area contributed by atoms with Gasteiger partial charge < -0.3 is 13.7 Å². The molecule has 2 aromatic heterocycles. The maximum atomic E-state index is 6.22. The van der Waals surface area contributed by atoms with Crippen LogP contribution in [0.25, 0.3) is 33.0 Å². The fourth-order valence-corrected chi connectivity index (χ4v) is 3.58. The van der Waals surface area contributed by atoms with Gasteiger partial charge in [0.1, 0.15) is 11.3 Å². The number of nitrogens with zero attached hydrogens (tertiary/aromatic N) is 1. The first-order chi connectivity index (χ1) is 12.3. The van der Waals surface area contributed by atoms with E-state index >= 15 is 0 Å². The third-order valence-electron chi connectivity index (χ3n) is 4.79. The second-order valence-electron chi connectivity index (χ2n) is 6.23. The molecule has 0 bridgehead atoms. The number of ether oxygens (including phenoxy) is 1. The van der Waals surface area contributed by atoms with Gasteiger partial charge in [0.05, 0.1) is 24.6 Å². The van der Waals surface area contributed by atoms with Gasteiger partial charge in [0.25, 0.3) is 0 Å². The van der Waals surface area contributed by atoms with E-state index in [2.05, 4.69) is 53.1 Å². The molecule has 0 aliphatic rings. The molecular formula is C22H17NO2. The Kier molecular flexibility index (Phi) is 3.07. The lowest BCUT2D eigenvalue weighted by atomic mass is 10.1. The summed E-state index contributed by atoms with van der Waals surface area (Å²) in [5, 5.41) is 3.60. The van der Waals surface area contributed by atoms with Crippen molar-refractivity contribution >= 4 is 33.0 Å². The normalized spacial score (nSPS) is 11.6. The smallest absolute Gasteiger partial charge is 0.209 e. The van der Waals surface area contributed by atoms with Crippen LogP contribution in [0, 0.1) is 0 Å². The van der Waals surface area contributed by atoms with Crippen LogP contribution in [0.15, 0.2) is 77.2 Å². The molecule has 0 saturated heterocycles. The first-order valence-electron chi connectivity index (χ1n) is 8.36. The van der Waals surface area contributed by atoms with Crippen molar-refractivity contribution in [2.45, 2.75) is 6.54 Å². The van der Waals surface area contributed by atoms with Crippen molar-refractivity contribution in [1.29, 1.82) is 0 Å². The van der Waals surface area contributed by atoms with Crippen LogP contribution in [0.2, 0.25) is 0 Å². The standard InChI is InChI=1S/C22H17NO2/c1-24-16-12-10-15(11-13-16)14-23-19-8-4-2-6-17(19)21-18-7-3-5-9-20(18)25-22(21)23/h2-13H,14H2,1H3. The third kappa shape index (κ3) is 2.13. The van der Waals surface area contributed by atoms with E-state index in [-0.39, 0.29) is 0 Å². The van der Waals surface area contributed by atoms with Gasteiger partial charge in [-0.15, -0.1) is 0 Å². The molecule has 0 fully saturated rings. The molecule has 3 heteroatoms. The van der Waals surface area contributed by atoms with Gasteiger partial charge in [-0.2, -0.15) is 0 Å². The van der Waals surface area contributed by atoms with E-state index in [0.29, 0.717) is 0 Å². The highest BCUT2D eigenvalue weighted by Crippen LogP contribution is 2.37. The van der Waals surface area contributed by atoms with Crippen LogP contribution in [-0.4, -0.2) is 11.7 Å². The Morgan fingerprint density at radius 2 is 1.56 bits per heavy atom. The molecule has 0 atom stereocenters. The average molecular weight is 327 g/mol. The summed E-state index contributed by atoms with van der Waals surface area (Å²) in [6, 6.07) is 24.9. The van der Waals surface area contributed by atoms with E-state index in [1.165, 1.54) is 27.2 Å². The van der Waals surface area contributed by atoms with E-state index in [9.17, 15) is 0 Å². The molecule has 0 saturated carbocycles. The van der Waals surface area contributed by atoms with Crippen LogP contribution in [0.5, 0.6) is 5.75 Å². The van der Waals surface area contributed by atoms with Crippen LogP contribution in [-0.2, 0) is 6.54 Å². The van der Waals surface area contributed by atoms with E-state index in [0.717, 1.165) is 23.6 Å². The van der Waals surface area contributed by atoms with Crippen molar-refractivity contribution in [3.05, 3.63) is 78.4 Å². The van der Waals surface area contributed by atoms with Gasteiger partial charge in [0.15, 0.2) is 0 Å². The van der Waals surface area contributed by atoms with E-state index in [1.54, 1.807) is 7.11 Å². The van der Waals surface area contributed by atoms with Gasteiger partial charge in [-0.05, 0) is 29.8 Å². The number of hydrogen-bond donors (Lipinski definition) is 0. The molecule has 0 aliphatic heterocycles. The molecule has 122 valence electrons. The predicted molar refractivity (Wildman–Crippen MR) is 101 cm³/mol. The van der Waals surface area contributed by atoms with Crippen molar-refractivity contribution in [3.63, 3.8) is 0 Å². The largest absolute Gasteiger partial charge is 0.497 e. The van der Waals surface area contributed by atoms with Crippen molar-refractivity contribution in [2.24, 2.45) is 0 Å². The predicted octanol–water partition coefficient (Wildman–Crippen LogP) is 5.60. The van der Waals surface area contributed by atoms with Gasteiger partial charge >= 0.3 is 0 Å². The highest BCUT2D eigenvalue weighted by Gasteiger charge is 2.17. The Hall–Kier alpha value is -3.20. The topological polar surface area (TPSA) is 27.3 Å². The van der Waals surface area contributed by atoms with Crippen LogP contribution in [0.1, 0.15) is 5.56 Å². The molecule has 2 heterocycles. The third-order valence-corrected chi connectivity index (χ3v) is 4.79. The summed E-state index contributed by atoms with van der Waals surface area (Å²) in [5.41, 5.74) is 4.27. The Balaban J connectivity index is 1.77. The highest BCUT2D eigenvalue weighted by molar-refractivity contribution is 6.19. The quantitative estimate of drug-likeness (QED) is 0.431. The lowest BCUT2D eigenvalue weighted by Gasteiger charge is -2.07. The van der Waals surface area contributed by atoms with E-state index in [4.69, 9.17) is 9.15 Å². The first kappa shape index (κ1) is 14.2. The average Bonchev–Trinajstić information content (AvgIpc) is 3.18. The molecule has 5 rings (SSSR count). The fraction of sp³-hybridized carbons (Fsp3) is 0.0909. The summed E-state index contributed by atoms with van der Waals surface area (Å²) in [6.07, 6.45) is 0. The molecule has 0 aliphatic carbocycles. The Bertz CT molecular complexity index is 1200. The van der Waals surface area contributed by atoms with Crippen LogP contribution in [0.4, 0.5) is 0 Å². The monoisotopic (exact) mass is 327 g/mol.